The first kappa shape index (κ1) is 18.9. The van der Waals surface area contributed by atoms with E-state index < -0.39 is 4.92 Å². The molecule has 30 heavy (non-hydrogen) atoms. The largest absolute Gasteiger partial charge is 0.464 e. The monoisotopic (exact) mass is 397 g/mol. The molecule has 0 unspecified atom stereocenters. The molecule has 2 heterocycles. The van der Waals surface area contributed by atoms with Crippen molar-refractivity contribution in [2.45, 2.75) is 6.92 Å². The van der Waals surface area contributed by atoms with E-state index in [1.54, 1.807) is 18.2 Å². The summed E-state index contributed by atoms with van der Waals surface area (Å²) in [5.41, 5.74) is 2.84. The van der Waals surface area contributed by atoms with E-state index in [4.69, 9.17) is 8.83 Å². The molecule has 0 aliphatic rings. The Labute approximate surface area is 171 Å². The molecule has 0 aliphatic carbocycles. The minimum absolute atomic E-state index is 0.0387. The van der Waals surface area contributed by atoms with E-state index in [9.17, 15) is 15.4 Å². The number of benzene rings is 2. The number of nitro benzene ring substituents is 1. The van der Waals surface area contributed by atoms with Crippen molar-refractivity contribution in [2.75, 3.05) is 0 Å². The number of hydrogen-bond donors (Lipinski definition) is 0. The van der Waals surface area contributed by atoms with Crippen LogP contribution in [0.5, 0.6) is 0 Å². The van der Waals surface area contributed by atoms with Crippen molar-refractivity contribution in [1.29, 1.82) is 5.26 Å². The molecule has 0 saturated heterocycles. The minimum Gasteiger partial charge on any atom is -0.464 e. The molecule has 0 bridgehead atoms. The lowest BCUT2D eigenvalue weighted by atomic mass is 10.0. The molecule has 146 valence electrons. The second-order valence-corrected chi connectivity index (χ2v) is 6.50. The van der Waals surface area contributed by atoms with Crippen LogP contribution in [0.15, 0.2) is 80.8 Å². The third-order valence-electron chi connectivity index (χ3n) is 4.60. The maximum atomic E-state index is 11.1. The van der Waals surface area contributed by atoms with E-state index in [0.717, 1.165) is 11.1 Å². The fourth-order valence-corrected chi connectivity index (χ4v) is 3.07. The summed E-state index contributed by atoms with van der Waals surface area (Å²) in [6, 6.07) is 19.5. The van der Waals surface area contributed by atoms with E-state index in [1.807, 2.05) is 37.3 Å². The number of nitrogens with zero attached hydrogens (tertiary/aromatic N) is 3. The van der Waals surface area contributed by atoms with Gasteiger partial charge in [-0.05, 0) is 24.6 Å². The topological polar surface area (TPSA) is 106 Å². The van der Waals surface area contributed by atoms with Crippen LogP contribution in [0, 0.1) is 28.4 Å². The van der Waals surface area contributed by atoms with E-state index >= 15 is 0 Å². The van der Waals surface area contributed by atoms with Gasteiger partial charge in [-0.3, -0.25) is 10.1 Å². The number of hydrogen-bond acceptors (Lipinski definition) is 6. The summed E-state index contributed by atoms with van der Waals surface area (Å²) in [7, 11) is 0. The molecule has 0 radical (unpaired) electrons. The van der Waals surface area contributed by atoms with Crippen LogP contribution in [-0.4, -0.2) is 11.1 Å². The molecule has 4 aromatic rings. The number of non-ortho nitro benzene ring substituents is 1. The van der Waals surface area contributed by atoms with Crippen molar-refractivity contribution in [3.05, 3.63) is 93.7 Å². The number of aryl methyl sites for hydroxylation is 1. The van der Waals surface area contributed by atoms with Crippen LogP contribution in [0.2, 0.25) is 0 Å². The van der Waals surface area contributed by atoms with Crippen LogP contribution in [0.25, 0.3) is 22.6 Å². The van der Waals surface area contributed by atoms with E-state index in [2.05, 4.69) is 11.1 Å². The van der Waals surface area contributed by atoms with Gasteiger partial charge < -0.3 is 8.83 Å². The summed E-state index contributed by atoms with van der Waals surface area (Å²) in [5.74, 6) is 1.06. The van der Waals surface area contributed by atoms with Crippen LogP contribution in [-0.2, 0) is 0 Å². The van der Waals surface area contributed by atoms with Crippen LogP contribution >= 0.6 is 0 Å². The van der Waals surface area contributed by atoms with Crippen molar-refractivity contribution in [3.63, 3.8) is 0 Å². The molecule has 4 rings (SSSR count). The summed E-state index contributed by atoms with van der Waals surface area (Å²) in [6.07, 6.45) is 2.98. The van der Waals surface area contributed by atoms with Crippen LogP contribution in [0.4, 0.5) is 11.6 Å². The van der Waals surface area contributed by atoms with Gasteiger partial charge in [-0.25, -0.2) is 4.99 Å². The molecule has 0 amide bonds. The Morgan fingerprint density at radius 1 is 1.13 bits per heavy atom. The number of nitro groups is 1. The first-order chi connectivity index (χ1) is 14.6. The highest BCUT2D eigenvalue weighted by atomic mass is 16.6. The quantitative estimate of drug-likeness (QED) is 0.232. The van der Waals surface area contributed by atoms with Crippen LogP contribution in [0.1, 0.15) is 16.7 Å². The number of rotatable bonds is 5. The number of aliphatic imine (C=N–C) groups is 1. The summed E-state index contributed by atoms with van der Waals surface area (Å²) < 4.78 is 11.5. The molecule has 2 aromatic heterocycles. The molecule has 2 aromatic carbocycles. The zero-order chi connectivity index (χ0) is 21.1. The zero-order valence-corrected chi connectivity index (χ0v) is 15.9. The Bertz CT molecular complexity index is 1280. The van der Waals surface area contributed by atoms with Gasteiger partial charge in [0.05, 0.1) is 16.7 Å². The molecule has 0 saturated carbocycles. The Hall–Kier alpha value is -4.44. The number of nitriles is 1. The van der Waals surface area contributed by atoms with Gasteiger partial charge in [0.1, 0.15) is 23.2 Å². The van der Waals surface area contributed by atoms with Crippen molar-refractivity contribution in [2.24, 2.45) is 4.99 Å². The van der Waals surface area contributed by atoms with Gasteiger partial charge in [0, 0.05) is 29.5 Å². The van der Waals surface area contributed by atoms with Gasteiger partial charge in [0.2, 0.25) is 5.88 Å². The summed E-state index contributed by atoms with van der Waals surface area (Å²) >= 11 is 0. The minimum atomic E-state index is -0.465. The van der Waals surface area contributed by atoms with Gasteiger partial charge in [0.15, 0.2) is 0 Å². The first-order valence-electron chi connectivity index (χ1n) is 9.03. The molecule has 7 nitrogen and oxygen atoms in total. The second kappa shape index (κ2) is 7.89. The Morgan fingerprint density at radius 3 is 2.60 bits per heavy atom. The molecule has 0 aliphatic heterocycles. The Balaban J connectivity index is 1.86. The second-order valence-electron chi connectivity index (χ2n) is 6.50. The standard InChI is InChI=1S/C23H15N3O4/c1-15-9-10-18(26(27)28)12-17(15)14-25-23-19(13-24)21(20-8-5-11-29-20)22(30-23)16-6-3-2-4-7-16/h2-12,14H,1H3. The Kier molecular flexibility index (Phi) is 4.97. The Morgan fingerprint density at radius 2 is 1.93 bits per heavy atom. The smallest absolute Gasteiger partial charge is 0.270 e. The van der Waals surface area contributed by atoms with Crippen LogP contribution < -0.4 is 0 Å². The third-order valence-corrected chi connectivity index (χ3v) is 4.60. The molecule has 0 atom stereocenters. The molecular weight excluding hydrogens is 382 g/mol. The highest BCUT2D eigenvalue weighted by molar-refractivity contribution is 5.89. The fourth-order valence-electron chi connectivity index (χ4n) is 3.07. The predicted molar refractivity (Wildman–Crippen MR) is 112 cm³/mol. The van der Waals surface area contributed by atoms with E-state index in [0.29, 0.717) is 22.6 Å². The van der Waals surface area contributed by atoms with Crippen molar-refractivity contribution < 1.29 is 13.8 Å². The number of furan rings is 2. The lowest BCUT2D eigenvalue weighted by Crippen LogP contribution is -1.92. The zero-order valence-electron chi connectivity index (χ0n) is 15.9. The summed E-state index contributed by atoms with van der Waals surface area (Å²) in [5, 5.41) is 20.9. The van der Waals surface area contributed by atoms with Gasteiger partial charge in [-0.1, -0.05) is 36.4 Å². The fraction of sp³-hybridized carbons (Fsp3) is 0.0435. The third kappa shape index (κ3) is 3.50. The SMILES string of the molecule is Cc1ccc([N+](=O)[O-])cc1C=Nc1oc(-c2ccccc2)c(-c2ccco2)c1C#N. The predicted octanol–water partition coefficient (Wildman–Crippen LogP) is 6.05. The lowest BCUT2D eigenvalue weighted by Gasteiger charge is -2.00. The van der Waals surface area contributed by atoms with Crippen molar-refractivity contribution in [3.8, 4) is 28.7 Å². The van der Waals surface area contributed by atoms with Gasteiger partial charge in [-0.2, -0.15) is 5.26 Å². The van der Waals surface area contributed by atoms with E-state index in [1.165, 1.54) is 24.6 Å². The van der Waals surface area contributed by atoms with Gasteiger partial charge in [0.25, 0.3) is 5.69 Å². The van der Waals surface area contributed by atoms with Crippen LogP contribution in [0.3, 0.4) is 0 Å². The summed E-state index contributed by atoms with van der Waals surface area (Å²) in [6.45, 7) is 1.82. The van der Waals surface area contributed by atoms with Gasteiger partial charge in [-0.15, -0.1) is 0 Å². The maximum Gasteiger partial charge on any atom is 0.270 e. The molecular formula is C23H15N3O4. The average Bonchev–Trinajstić information content (AvgIpc) is 3.41. The highest BCUT2D eigenvalue weighted by Gasteiger charge is 2.24. The van der Waals surface area contributed by atoms with Crippen molar-refractivity contribution >= 4 is 17.8 Å². The average molecular weight is 397 g/mol. The molecule has 0 spiro atoms. The molecule has 0 fully saturated rings. The normalized spacial score (nSPS) is 10.9. The lowest BCUT2D eigenvalue weighted by molar-refractivity contribution is -0.384. The molecule has 7 heteroatoms. The summed E-state index contributed by atoms with van der Waals surface area (Å²) in [4.78, 5) is 14.9. The van der Waals surface area contributed by atoms with E-state index in [-0.39, 0.29) is 17.1 Å². The van der Waals surface area contributed by atoms with Gasteiger partial charge >= 0.3 is 0 Å². The molecule has 0 N–H and O–H groups in total. The maximum absolute atomic E-state index is 11.1. The first-order valence-corrected chi connectivity index (χ1v) is 9.03. The highest BCUT2D eigenvalue weighted by Crippen LogP contribution is 2.42. The van der Waals surface area contributed by atoms with Crippen molar-refractivity contribution in [1.82, 2.24) is 0 Å².